The molecule has 9 nitrogen and oxygen atoms in total. The summed E-state index contributed by atoms with van der Waals surface area (Å²) in [6.07, 6.45) is 1.07. The van der Waals surface area contributed by atoms with E-state index in [4.69, 9.17) is 24.7 Å². The molecule has 0 spiro atoms. The quantitative estimate of drug-likeness (QED) is 0.264. The SMILES string of the molecule is CCC(C)CC(=O)O[C@@H](C)COC(=O)[C@@H](N)Cc1ccc(OC(=O)CC(C)C)c(OC(=O)CC(C)C)c1. The van der Waals surface area contributed by atoms with E-state index in [0.29, 0.717) is 12.0 Å². The Hall–Kier alpha value is -2.94. The van der Waals surface area contributed by atoms with E-state index in [0.717, 1.165) is 6.42 Å². The summed E-state index contributed by atoms with van der Waals surface area (Å²) in [5.41, 5.74) is 6.63. The number of ether oxygens (including phenoxy) is 4. The Morgan fingerprint density at radius 2 is 1.38 bits per heavy atom. The van der Waals surface area contributed by atoms with Gasteiger partial charge >= 0.3 is 23.9 Å². The van der Waals surface area contributed by atoms with Gasteiger partial charge in [-0.25, -0.2) is 0 Å². The van der Waals surface area contributed by atoms with Crippen molar-refractivity contribution in [2.24, 2.45) is 23.5 Å². The van der Waals surface area contributed by atoms with E-state index in [2.05, 4.69) is 0 Å². The second-order valence-corrected chi connectivity index (χ2v) is 10.4. The van der Waals surface area contributed by atoms with Crippen molar-refractivity contribution in [2.75, 3.05) is 6.61 Å². The van der Waals surface area contributed by atoms with Crippen LogP contribution >= 0.6 is 0 Å². The number of esters is 4. The van der Waals surface area contributed by atoms with Gasteiger partial charge < -0.3 is 24.7 Å². The first-order valence-electron chi connectivity index (χ1n) is 13.0. The molecular weight excluding hydrogens is 478 g/mol. The van der Waals surface area contributed by atoms with Gasteiger partial charge in [-0.15, -0.1) is 0 Å². The van der Waals surface area contributed by atoms with Crippen LogP contribution in [0.15, 0.2) is 18.2 Å². The third-order valence-corrected chi connectivity index (χ3v) is 5.37. The number of rotatable bonds is 15. The molecule has 0 saturated heterocycles. The zero-order valence-corrected chi connectivity index (χ0v) is 23.2. The van der Waals surface area contributed by atoms with Gasteiger partial charge in [-0.3, -0.25) is 19.2 Å². The Bertz CT molecular complexity index is 911. The normalized spacial score (nSPS) is 13.6. The molecule has 1 unspecified atom stereocenters. The first-order chi connectivity index (χ1) is 17.3. The Labute approximate surface area is 220 Å². The van der Waals surface area contributed by atoms with E-state index in [1.54, 1.807) is 13.0 Å². The van der Waals surface area contributed by atoms with Gasteiger partial charge in [0.05, 0.1) is 0 Å². The average Bonchev–Trinajstić information content (AvgIpc) is 2.77. The second-order valence-electron chi connectivity index (χ2n) is 10.4. The lowest BCUT2D eigenvalue weighted by molar-refractivity contribution is -0.159. The summed E-state index contributed by atoms with van der Waals surface area (Å²) < 4.78 is 21.4. The van der Waals surface area contributed by atoms with Crippen LogP contribution in [-0.4, -0.2) is 42.6 Å². The molecule has 37 heavy (non-hydrogen) atoms. The molecule has 1 rings (SSSR count). The zero-order valence-electron chi connectivity index (χ0n) is 23.2. The lowest BCUT2D eigenvalue weighted by Crippen LogP contribution is -2.36. The van der Waals surface area contributed by atoms with Crippen LogP contribution in [0.5, 0.6) is 11.5 Å². The standard InChI is InChI=1S/C28H43NO8/c1-8-19(6)13-27(32)35-20(7)16-34-28(33)22(29)14-21-9-10-23(36-25(30)11-17(2)3)24(15-21)37-26(31)12-18(4)5/h9-10,15,17-20,22H,8,11-14,16,29H2,1-7H3/t19?,20-,22-/m0/s1. The van der Waals surface area contributed by atoms with Gasteiger partial charge in [0.25, 0.3) is 0 Å². The summed E-state index contributed by atoms with van der Waals surface area (Å²) >= 11 is 0. The van der Waals surface area contributed by atoms with Gasteiger partial charge in [-0.05, 0) is 48.8 Å². The van der Waals surface area contributed by atoms with E-state index in [1.807, 2.05) is 41.5 Å². The summed E-state index contributed by atoms with van der Waals surface area (Å²) in [5.74, 6) is -1.28. The maximum Gasteiger partial charge on any atom is 0.323 e. The molecule has 0 fully saturated rings. The Balaban J connectivity index is 2.82. The molecule has 0 bridgehead atoms. The number of carbonyl (C=O) groups is 4. The number of nitrogens with two attached hydrogens (primary N) is 1. The van der Waals surface area contributed by atoms with E-state index < -0.39 is 30.1 Å². The van der Waals surface area contributed by atoms with Crippen LogP contribution in [0, 0.1) is 17.8 Å². The highest BCUT2D eigenvalue weighted by Gasteiger charge is 2.21. The van der Waals surface area contributed by atoms with Crippen molar-refractivity contribution >= 4 is 23.9 Å². The molecule has 0 heterocycles. The fraction of sp³-hybridized carbons (Fsp3) is 0.643. The minimum atomic E-state index is -1.00. The highest BCUT2D eigenvalue weighted by atomic mass is 16.6. The molecule has 1 aromatic rings. The molecule has 208 valence electrons. The van der Waals surface area contributed by atoms with E-state index in [9.17, 15) is 19.2 Å². The molecular formula is C28H43NO8. The first-order valence-corrected chi connectivity index (χ1v) is 13.0. The molecule has 0 aliphatic rings. The summed E-state index contributed by atoms with van der Waals surface area (Å²) in [4.78, 5) is 48.8. The Morgan fingerprint density at radius 3 is 1.92 bits per heavy atom. The van der Waals surface area contributed by atoms with Crippen LogP contribution in [0.25, 0.3) is 0 Å². The molecule has 9 heteroatoms. The van der Waals surface area contributed by atoms with Gasteiger partial charge in [0, 0.05) is 19.3 Å². The molecule has 0 saturated carbocycles. The zero-order chi connectivity index (χ0) is 28.1. The van der Waals surface area contributed by atoms with Crippen molar-refractivity contribution in [3.63, 3.8) is 0 Å². The van der Waals surface area contributed by atoms with Crippen molar-refractivity contribution < 1.29 is 38.1 Å². The van der Waals surface area contributed by atoms with Gasteiger partial charge in [0.2, 0.25) is 0 Å². The molecule has 0 amide bonds. The lowest BCUT2D eigenvalue weighted by atomic mass is 10.1. The molecule has 0 radical (unpaired) electrons. The highest BCUT2D eigenvalue weighted by molar-refractivity contribution is 5.77. The molecule has 0 aromatic heterocycles. The van der Waals surface area contributed by atoms with E-state index >= 15 is 0 Å². The van der Waals surface area contributed by atoms with Crippen LogP contribution in [-0.2, 0) is 35.1 Å². The summed E-state index contributed by atoms with van der Waals surface area (Å²) in [6.45, 7) is 13.1. The number of hydrogen-bond donors (Lipinski definition) is 1. The van der Waals surface area contributed by atoms with Crippen LogP contribution in [0.1, 0.15) is 79.7 Å². The van der Waals surface area contributed by atoms with Crippen LogP contribution in [0.4, 0.5) is 0 Å². The Kier molecular flexibility index (Phi) is 13.9. The number of hydrogen-bond acceptors (Lipinski definition) is 9. The van der Waals surface area contributed by atoms with Crippen LogP contribution < -0.4 is 15.2 Å². The molecule has 0 aliphatic heterocycles. The maximum atomic E-state index is 12.4. The molecule has 0 aliphatic carbocycles. The number of benzene rings is 1. The summed E-state index contributed by atoms with van der Waals surface area (Å²) in [5, 5.41) is 0. The number of carbonyl (C=O) groups excluding carboxylic acids is 4. The van der Waals surface area contributed by atoms with Crippen molar-refractivity contribution in [3.8, 4) is 11.5 Å². The molecule has 1 aromatic carbocycles. The maximum absolute atomic E-state index is 12.4. The third kappa shape index (κ3) is 13.3. The van der Waals surface area contributed by atoms with Crippen LogP contribution in [0.3, 0.4) is 0 Å². The smallest absolute Gasteiger partial charge is 0.323 e. The Morgan fingerprint density at radius 1 is 0.811 bits per heavy atom. The average molecular weight is 522 g/mol. The summed E-state index contributed by atoms with van der Waals surface area (Å²) in [6, 6.07) is 3.69. The topological polar surface area (TPSA) is 131 Å². The molecule has 2 N–H and O–H groups in total. The highest BCUT2D eigenvalue weighted by Crippen LogP contribution is 2.30. The van der Waals surface area contributed by atoms with Crippen molar-refractivity contribution in [1.29, 1.82) is 0 Å². The predicted molar refractivity (Wildman–Crippen MR) is 139 cm³/mol. The minimum Gasteiger partial charge on any atom is -0.461 e. The third-order valence-electron chi connectivity index (χ3n) is 5.37. The summed E-state index contributed by atoms with van der Waals surface area (Å²) in [7, 11) is 0. The van der Waals surface area contributed by atoms with E-state index in [-0.39, 0.29) is 61.1 Å². The van der Waals surface area contributed by atoms with E-state index in [1.165, 1.54) is 12.1 Å². The van der Waals surface area contributed by atoms with Gasteiger partial charge in [-0.2, -0.15) is 0 Å². The monoisotopic (exact) mass is 521 g/mol. The first kappa shape index (κ1) is 32.1. The van der Waals surface area contributed by atoms with Gasteiger partial charge in [0.1, 0.15) is 18.8 Å². The van der Waals surface area contributed by atoms with Crippen LogP contribution in [0.2, 0.25) is 0 Å². The van der Waals surface area contributed by atoms with Gasteiger partial charge in [0.15, 0.2) is 11.5 Å². The lowest BCUT2D eigenvalue weighted by Gasteiger charge is -2.17. The van der Waals surface area contributed by atoms with Gasteiger partial charge in [-0.1, -0.05) is 54.0 Å². The largest absolute Gasteiger partial charge is 0.461 e. The second kappa shape index (κ2) is 16.0. The fourth-order valence-corrected chi connectivity index (χ4v) is 3.22. The molecule has 3 atom stereocenters. The van der Waals surface area contributed by atoms with Crippen molar-refractivity contribution in [2.45, 2.75) is 92.7 Å². The minimum absolute atomic E-state index is 0.0857. The predicted octanol–water partition coefficient (Wildman–Crippen LogP) is 4.37. The van der Waals surface area contributed by atoms with Crippen molar-refractivity contribution in [3.05, 3.63) is 23.8 Å². The van der Waals surface area contributed by atoms with Crippen molar-refractivity contribution in [1.82, 2.24) is 0 Å². The fourth-order valence-electron chi connectivity index (χ4n) is 3.22.